The van der Waals surface area contributed by atoms with E-state index in [0.717, 1.165) is 5.56 Å². The summed E-state index contributed by atoms with van der Waals surface area (Å²) in [4.78, 5) is 12.5. The smallest absolute Gasteiger partial charge is 0.292 e. The molecule has 0 fully saturated rings. The van der Waals surface area contributed by atoms with Crippen molar-refractivity contribution >= 4 is 11.4 Å². The van der Waals surface area contributed by atoms with Gasteiger partial charge in [0.15, 0.2) is 0 Å². The van der Waals surface area contributed by atoms with E-state index in [1.165, 1.54) is 0 Å². The number of hydrogen-bond donors (Lipinski definition) is 2. The summed E-state index contributed by atoms with van der Waals surface area (Å²) in [7, 11) is 1.65. The van der Waals surface area contributed by atoms with Gasteiger partial charge in [-0.3, -0.25) is 15.0 Å². The van der Waals surface area contributed by atoms with Gasteiger partial charge >= 0.3 is 0 Å². The van der Waals surface area contributed by atoms with Crippen molar-refractivity contribution < 1.29 is 10.0 Å². The highest BCUT2D eigenvalue weighted by Crippen LogP contribution is 2.25. The zero-order valence-corrected chi connectivity index (χ0v) is 11.0. The average molecular weight is 265 g/mol. The molecule has 0 unspecified atom stereocenters. The van der Waals surface area contributed by atoms with Crippen LogP contribution in [0.15, 0.2) is 30.9 Å². The molecule has 0 bridgehead atoms. The second-order valence-electron chi connectivity index (χ2n) is 4.11. The standard InChI is InChI=1S/C13H19N3O3/c1-3-6-15(7-8-17)10-11-4-5-12(14-2)13(9-11)16(18)19/h3-5,9,14,17H,1,6-8,10H2,2H3. The molecule has 0 aromatic heterocycles. The first-order chi connectivity index (χ1) is 9.12. The molecule has 2 N–H and O–H groups in total. The Balaban J connectivity index is 2.91. The summed E-state index contributed by atoms with van der Waals surface area (Å²) in [6.45, 7) is 5.38. The summed E-state index contributed by atoms with van der Waals surface area (Å²) < 4.78 is 0. The molecular formula is C13H19N3O3. The van der Waals surface area contributed by atoms with Gasteiger partial charge in [-0.15, -0.1) is 6.58 Å². The van der Waals surface area contributed by atoms with Crippen LogP contribution in [0.1, 0.15) is 5.56 Å². The first-order valence-electron chi connectivity index (χ1n) is 6.01. The van der Waals surface area contributed by atoms with Crippen molar-refractivity contribution in [1.29, 1.82) is 0 Å². The monoisotopic (exact) mass is 265 g/mol. The van der Waals surface area contributed by atoms with Crippen LogP contribution in [0.4, 0.5) is 11.4 Å². The zero-order chi connectivity index (χ0) is 14.3. The second-order valence-corrected chi connectivity index (χ2v) is 4.11. The predicted molar refractivity (Wildman–Crippen MR) is 75.2 cm³/mol. The van der Waals surface area contributed by atoms with Gasteiger partial charge in [-0.2, -0.15) is 0 Å². The van der Waals surface area contributed by atoms with Gasteiger partial charge in [0.25, 0.3) is 5.69 Å². The first kappa shape index (κ1) is 15.1. The summed E-state index contributed by atoms with van der Waals surface area (Å²) in [6.07, 6.45) is 1.74. The van der Waals surface area contributed by atoms with E-state index in [-0.39, 0.29) is 12.3 Å². The predicted octanol–water partition coefficient (Wildman–Crippen LogP) is 1.62. The Labute approximate surface area is 112 Å². The minimum absolute atomic E-state index is 0.0462. The van der Waals surface area contributed by atoms with Gasteiger partial charge in [-0.05, 0) is 11.6 Å². The molecule has 0 atom stereocenters. The fourth-order valence-electron chi connectivity index (χ4n) is 1.86. The summed E-state index contributed by atoms with van der Waals surface area (Å²) in [5.41, 5.74) is 1.38. The molecule has 0 aliphatic heterocycles. The fourth-order valence-corrected chi connectivity index (χ4v) is 1.86. The Hall–Kier alpha value is -1.92. The minimum Gasteiger partial charge on any atom is -0.395 e. The van der Waals surface area contributed by atoms with E-state index in [4.69, 9.17) is 5.11 Å². The highest BCUT2D eigenvalue weighted by molar-refractivity contribution is 5.62. The lowest BCUT2D eigenvalue weighted by Crippen LogP contribution is -2.26. The Morgan fingerprint density at radius 1 is 1.58 bits per heavy atom. The largest absolute Gasteiger partial charge is 0.395 e. The Kier molecular flexibility index (Phi) is 5.98. The lowest BCUT2D eigenvalue weighted by Gasteiger charge is -2.19. The van der Waals surface area contributed by atoms with Crippen LogP contribution in [-0.4, -0.2) is 41.7 Å². The van der Waals surface area contributed by atoms with Gasteiger partial charge < -0.3 is 10.4 Å². The third kappa shape index (κ3) is 4.35. The van der Waals surface area contributed by atoms with Gasteiger partial charge in [-0.25, -0.2) is 0 Å². The number of nitrogens with zero attached hydrogens (tertiary/aromatic N) is 2. The van der Waals surface area contributed by atoms with E-state index in [2.05, 4.69) is 11.9 Å². The maximum absolute atomic E-state index is 11.0. The van der Waals surface area contributed by atoms with Crippen molar-refractivity contribution in [2.24, 2.45) is 0 Å². The summed E-state index contributed by atoms with van der Waals surface area (Å²) in [5, 5.41) is 22.7. The number of aliphatic hydroxyl groups excluding tert-OH is 1. The van der Waals surface area contributed by atoms with Crippen LogP contribution in [0.25, 0.3) is 0 Å². The van der Waals surface area contributed by atoms with Crippen molar-refractivity contribution in [3.05, 3.63) is 46.5 Å². The molecule has 0 spiro atoms. The van der Waals surface area contributed by atoms with Crippen LogP contribution >= 0.6 is 0 Å². The molecule has 0 saturated heterocycles. The highest BCUT2D eigenvalue weighted by Gasteiger charge is 2.14. The maximum Gasteiger partial charge on any atom is 0.292 e. The Morgan fingerprint density at radius 3 is 2.84 bits per heavy atom. The average Bonchev–Trinajstić information content (AvgIpc) is 2.39. The number of rotatable bonds is 8. The highest BCUT2D eigenvalue weighted by atomic mass is 16.6. The molecule has 0 heterocycles. The van der Waals surface area contributed by atoms with E-state index < -0.39 is 4.92 Å². The lowest BCUT2D eigenvalue weighted by atomic mass is 10.1. The van der Waals surface area contributed by atoms with Crippen LogP contribution in [0.2, 0.25) is 0 Å². The number of nitrogens with one attached hydrogen (secondary N) is 1. The van der Waals surface area contributed by atoms with Crippen LogP contribution in [0.5, 0.6) is 0 Å². The van der Waals surface area contributed by atoms with Gasteiger partial charge in [0.1, 0.15) is 5.69 Å². The summed E-state index contributed by atoms with van der Waals surface area (Å²) in [6, 6.07) is 5.09. The molecule has 104 valence electrons. The van der Waals surface area contributed by atoms with Crippen molar-refractivity contribution in [2.45, 2.75) is 6.54 Å². The molecule has 19 heavy (non-hydrogen) atoms. The molecule has 6 nitrogen and oxygen atoms in total. The number of nitro benzene ring substituents is 1. The molecule has 0 saturated carbocycles. The first-order valence-corrected chi connectivity index (χ1v) is 6.01. The van der Waals surface area contributed by atoms with E-state index >= 15 is 0 Å². The number of anilines is 1. The van der Waals surface area contributed by atoms with Crippen molar-refractivity contribution in [3.8, 4) is 0 Å². The van der Waals surface area contributed by atoms with Crippen LogP contribution in [-0.2, 0) is 6.54 Å². The van der Waals surface area contributed by atoms with Crippen LogP contribution in [0, 0.1) is 10.1 Å². The van der Waals surface area contributed by atoms with E-state index in [0.29, 0.717) is 25.3 Å². The number of nitro groups is 1. The summed E-state index contributed by atoms with van der Waals surface area (Å²) in [5.74, 6) is 0. The van der Waals surface area contributed by atoms with Gasteiger partial charge in [0, 0.05) is 32.7 Å². The molecule has 0 radical (unpaired) electrons. The maximum atomic E-state index is 11.0. The van der Waals surface area contributed by atoms with Gasteiger partial charge in [0.05, 0.1) is 11.5 Å². The van der Waals surface area contributed by atoms with Gasteiger partial charge in [0.2, 0.25) is 0 Å². The Bertz CT molecular complexity index is 449. The minimum atomic E-state index is -0.404. The van der Waals surface area contributed by atoms with Crippen molar-refractivity contribution in [3.63, 3.8) is 0 Å². The Morgan fingerprint density at radius 2 is 2.32 bits per heavy atom. The molecule has 0 aliphatic rings. The van der Waals surface area contributed by atoms with Gasteiger partial charge in [-0.1, -0.05) is 12.1 Å². The number of aliphatic hydroxyl groups is 1. The fraction of sp³-hybridized carbons (Fsp3) is 0.385. The van der Waals surface area contributed by atoms with Crippen LogP contribution < -0.4 is 5.32 Å². The quantitative estimate of drug-likeness (QED) is 0.424. The SMILES string of the molecule is C=CCN(CCO)Cc1ccc(NC)c([N+](=O)[O-])c1. The molecular weight excluding hydrogens is 246 g/mol. The van der Waals surface area contributed by atoms with E-state index in [9.17, 15) is 10.1 Å². The molecule has 1 rings (SSSR count). The summed E-state index contributed by atoms with van der Waals surface area (Å²) >= 11 is 0. The number of benzene rings is 1. The molecule has 1 aromatic rings. The van der Waals surface area contributed by atoms with E-state index in [1.54, 1.807) is 25.3 Å². The molecule has 0 aliphatic carbocycles. The lowest BCUT2D eigenvalue weighted by molar-refractivity contribution is -0.384. The van der Waals surface area contributed by atoms with E-state index in [1.807, 2.05) is 11.0 Å². The third-order valence-corrected chi connectivity index (χ3v) is 2.74. The topological polar surface area (TPSA) is 78.6 Å². The zero-order valence-electron chi connectivity index (χ0n) is 11.0. The van der Waals surface area contributed by atoms with Crippen molar-refractivity contribution in [1.82, 2.24) is 4.90 Å². The van der Waals surface area contributed by atoms with Crippen LogP contribution in [0.3, 0.4) is 0 Å². The molecule has 1 aromatic carbocycles. The normalized spacial score (nSPS) is 10.5. The molecule has 0 amide bonds. The number of hydrogen-bond acceptors (Lipinski definition) is 5. The van der Waals surface area contributed by atoms with Crippen molar-refractivity contribution in [2.75, 3.05) is 32.1 Å². The second kappa shape index (κ2) is 7.50. The molecule has 6 heteroatoms. The third-order valence-electron chi connectivity index (χ3n) is 2.74.